The molecule has 0 spiro atoms. The maximum atomic E-state index is 5.94. The minimum atomic E-state index is 0.314. The summed E-state index contributed by atoms with van der Waals surface area (Å²) in [6.45, 7) is 21.4. The first-order valence-corrected chi connectivity index (χ1v) is 15.1. The van der Waals surface area contributed by atoms with Gasteiger partial charge in [-0.05, 0) is 37.5 Å². The molecule has 0 aromatic carbocycles. The van der Waals surface area contributed by atoms with E-state index in [9.17, 15) is 0 Å². The highest BCUT2D eigenvalue weighted by Gasteiger charge is 2.37. The minimum Gasteiger partial charge on any atom is -0.381 e. The summed E-state index contributed by atoms with van der Waals surface area (Å²) in [5.74, 6) is 2.87. The Morgan fingerprint density at radius 3 is 1.24 bits per heavy atom. The lowest BCUT2D eigenvalue weighted by Crippen LogP contribution is -2.46. The Morgan fingerprint density at radius 1 is 0.595 bits per heavy atom. The van der Waals surface area contributed by atoms with Crippen LogP contribution in [0.1, 0.15) is 66.2 Å². The van der Waals surface area contributed by atoms with E-state index >= 15 is 0 Å². The van der Waals surface area contributed by atoms with Gasteiger partial charge >= 0.3 is 0 Å². The van der Waals surface area contributed by atoms with Crippen LogP contribution in [-0.2, 0) is 33.2 Å². The highest BCUT2D eigenvalue weighted by Crippen LogP contribution is 2.32. The van der Waals surface area contributed by atoms with E-state index in [1.807, 2.05) is 0 Å². The molecule has 7 nitrogen and oxygen atoms in total. The van der Waals surface area contributed by atoms with Crippen LogP contribution in [0, 0.1) is 34.5 Å². The Morgan fingerprint density at radius 2 is 1.00 bits per heavy atom. The van der Waals surface area contributed by atoms with Gasteiger partial charge in [0.05, 0.1) is 66.1 Å². The van der Waals surface area contributed by atoms with Gasteiger partial charge in [0, 0.05) is 49.1 Å². The molecular formula is C30H56O7. The fraction of sp³-hybridized carbons (Fsp3) is 1.00. The second kappa shape index (κ2) is 16.7. The summed E-state index contributed by atoms with van der Waals surface area (Å²) in [7, 11) is 0. The molecule has 0 amide bonds. The van der Waals surface area contributed by atoms with Crippen molar-refractivity contribution in [2.24, 2.45) is 34.5 Å². The third-order valence-corrected chi connectivity index (χ3v) is 9.15. The van der Waals surface area contributed by atoms with Crippen molar-refractivity contribution in [1.29, 1.82) is 0 Å². The van der Waals surface area contributed by atoms with Gasteiger partial charge in [-0.1, -0.05) is 40.5 Å². The quantitative estimate of drug-likeness (QED) is 0.219. The summed E-state index contributed by atoms with van der Waals surface area (Å²) in [4.78, 5) is 0. The van der Waals surface area contributed by atoms with Crippen molar-refractivity contribution in [3.05, 3.63) is 0 Å². The summed E-state index contributed by atoms with van der Waals surface area (Å²) in [6, 6.07) is 0. The average molecular weight is 529 g/mol. The molecule has 0 aromatic rings. The third kappa shape index (κ3) is 9.70. The van der Waals surface area contributed by atoms with E-state index in [4.69, 9.17) is 33.2 Å². The van der Waals surface area contributed by atoms with Crippen molar-refractivity contribution in [2.75, 3.05) is 92.5 Å². The van der Waals surface area contributed by atoms with Crippen molar-refractivity contribution in [2.45, 2.75) is 66.2 Å². The number of hydrogen-bond acceptors (Lipinski definition) is 7. The maximum Gasteiger partial charge on any atom is 0.0566 e. The normalized spacial score (nSPS) is 24.0. The van der Waals surface area contributed by atoms with Crippen molar-refractivity contribution >= 4 is 0 Å². The highest BCUT2D eigenvalue weighted by atomic mass is 16.5. The third-order valence-electron chi connectivity index (χ3n) is 9.15. The van der Waals surface area contributed by atoms with Crippen LogP contribution >= 0.6 is 0 Å². The standard InChI is InChI=1S/C16H30O4.C14H26O3/c1-3-15(11-19-12-15)9-17-7-5-6-8-18-10-16(4-2)13-20-14-16;1-3-11(13-7-16-8-13)5-15-6-12(4-2)14-9-17-10-14/h3-14H2,1-2H3;11-14H,3-10H2,1-2H3. The topological polar surface area (TPSA) is 64.6 Å². The van der Waals surface area contributed by atoms with E-state index in [0.717, 1.165) is 130 Å². The van der Waals surface area contributed by atoms with E-state index in [2.05, 4.69) is 27.7 Å². The Labute approximate surface area is 226 Å². The zero-order valence-electron chi connectivity index (χ0n) is 24.3. The number of hydrogen-bond donors (Lipinski definition) is 0. The molecule has 2 atom stereocenters. The smallest absolute Gasteiger partial charge is 0.0566 e. The van der Waals surface area contributed by atoms with E-state index in [1.165, 1.54) is 12.8 Å². The molecule has 0 saturated carbocycles. The number of ether oxygens (including phenoxy) is 7. The Kier molecular flexibility index (Phi) is 14.1. The molecular weight excluding hydrogens is 472 g/mol. The van der Waals surface area contributed by atoms with Crippen LogP contribution in [0.4, 0.5) is 0 Å². The zero-order valence-corrected chi connectivity index (χ0v) is 24.3. The molecule has 4 saturated heterocycles. The van der Waals surface area contributed by atoms with Gasteiger partial charge in [-0.15, -0.1) is 0 Å². The van der Waals surface area contributed by atoms with Gasteiger partial charge in [-0.25, -0.2) is 0 Å². The van der Waals surface area contributed by atoms with E-state index in [1.54, 1.807) is 0 Å². The van der Waals surface area contributed by atoms with Crippen molar-refractivity contribution in [3.63, 3.8) is 0 Å². The van der Waals surface area contributed by atoms with Gasteiger partial charge in [0.25, 0.3) is 0 Å². The van der Waals surface area contributed by atoms with Gasteiger partial charge in [0.1, 0.15) is 0 Å². The van der Waals surface area contributed by atoms with Gasteiger partial charge in [-0.2, -0.15) is 0 Å². The summed E-state index contributed by atoms with van der Waals surface area (Å²) >= 11 is 0. The molecule has 2 unspecified atom stereocenters. The molecule has 4 aliphatic heterocycles. The van der Waals surface area contributed by atoms with Crippen molar-refractivity contribution < 1.29 is 33.2 Å². The minimum absolute atomic E-state index is 0.314. The molecule has 0 bridgehead atoms. The van der Waals surface area contributed by atoms with Gasteiger partial charge < -0.3 is 33.2 Å². The van der Waals surface area contributed by atoms with Crippen molar-refractivity contribution in [1.82, 2.24) is 0 Å². The summed E-state index contributed by atoms with van der Waals surface area (Å²) < 4.78 is 38.6. The van der Waals surface area contributed by atoms with E-state index in [-0.39, 0.29) is 0 Å². The molecule has 4 rings (SSSR count). The van der Waals surface area contributed by atoms with Gasteiger partial charge in [0.15, 0.2) is 0 Å². The molecule has 0 N–H and O–H groups in total. The van der Waals surface area contributed by atoms with Crippen LogP contribution in [0.25, 0.3) is 0 Å². The largest absolute Gasteiger partial charge is 0.381 e. The predicted octanol–water partition coefficient (Wildman–Crippen LogP) is 5.00. The van der Waals surface area contributed by atoms with Crippen molar-refractivity contribution in [3.8, 4) is 0 Å². The summed E-state index contributed by atoms with van der Waals surface area (Å²) in [5.41, 5.74) is 0.627. The fourth-order valence-electron chi connectivity index (χ4n) is 5.14. The van der Waals surface area contributed by atoms with E-state index < -0.39 is 0 Å². The van der Waals surface area contributed by atoms with Crippen LogP contribution in [0.15, 0.2) is 0 Å². The lowest BCUT2D eigenvalue weighted by Gasteiger charge is -2.40. The first-order chi connectivity index (χ1) is 18.1. The second-order valence-electron chi connectivity index (χ2n) is 12.0. The van der Waals surface area contributed by atoms with Crippen LogP contribution in [0.2, 0.25) is 0 Å². The Balaban J connectivity index is 0.000000208. The van der Waals surface area contributed by atoms with Crippen LogP contribution < -0.4 is 0 Å². The molecule has 7 heteroatoms. The molecule has 0 radical (unpaired) electrons. The number of unbranched alkanes of at least 4 members (excludes halogenated alkanes) is 1. The van der Waals surface area contributed by atoms with Crippen LogP contribution in [0.5, 0.6) is 0 Å². The first kappa shape index (κ1) is 31.3. The molecule has 0 aliphatic carbocycles. The predicted molar refractivity (Wildman–Crippen MR) is 145 cm³/mol. The lowest BCUT2D eigenvalue weighted by atomic mass is 9.84. The van der Waals surface area contributed by atoms with Gasteiger partial charge in [0.2, 0.25) is 0 Å². The Hall–Kier alpha value is -0.280. The van der Waals surface area contributed by atoms with Crippen LogP contribution in [-0.4, -0.2) is 92.5 Å². The SMILES string of the molecule is CCC(COCC(CC)C1COC1)C1COC1.CCC1(COCCCCOCC2(CC)COC2)COC1. The summed E-state index contributed by atoms with van der Waals surface area (Å²) in [6.07, 6.45) is 6.87. The summed E-state index contributed by atoms with van der Waals surface area (Å²) in [5, 5.41) is 0. The maximum absolute atomic E-state index is 5.94. The molecule has 37 heavy (non-hydrogen) atoms. The van der Waals surface area contributed by atoms with Gasteiger partial charge in [-0.3, -0.25) is 0 Å². The Bertz CT molecular complexity index is 523. The second-order valence-corrected chi connectivity index (χ2v) is 12.0. The first-order valence-electron chi connectivity index (χ1n) is 15.1. The fourth-order valence-corrected chi connectivity index (χ4v) is 5.14. The number of rotatable bonds is 19. The molecule has 4 aliphatic rings. The molecule has 4 fully saturated rings. The lowest BCUT2D eigenvalue weighted by molar-refractivity contribution is -0.153. The highest BCUT2D eigenvalue weighted by molar-refractivity contribution is 4.84. The van der Waals surface area contributed by atoms with E-state index in [0.29, 0.717) is 22.7 Å². The molecule has 4 heterocycles. The average Bonchev–Trinajstić information content (AvgIpc) is 2.80. The molecule has 0 aromatic heterocycles. The zero-order chi connectivity index (χ0) is 26.4. The van der Waals surface area contributed by atoms with Crippen LogP contribution in [0.3, 0.4) is 0 Å². The monoisotopic (exact) mass is 528 g/mol. The molecule has 218 valence electrons.